The van der Waals surface area contributed by atoms with Crippen molar-refractivity contribution >= 4 is 69.1 Å². The smallest absolute Gasteiger partial charge is 0.274 e. The molecule has 7 N–H and O–H groups in total. The Morgan fingerprint density at radius 2 is 1.74 bits per heavy atom. The quantitative estimate of drug-likeness (QED) is 0.0418. The van der Waals surface area contributed by atoms with E-state index in [-0.39, 0.29) is 64.5 Å². The fraction of sp³-hybridized carbons (Fsp3) is 0.733. The van der Waals surface area contributed by atoms with Gasteiger partial charge in [0.2, 0.25) is 16.9 Å². The van der Waals surface area contributed by atoms with Crippen LogP contribution in [-0.4, -0.2) is 114 Å². The van der Waals surface area contributed by atoms with Crippen LogP contribution in [0.25, 0.3) is 11.2 Å². The Morgan fingerprint density at radius 3 is 2.47 bits per heavy atom. The van der Waals surface area contributed by atoms with Gasteiger partial charge >= 0.3 is 0 Å². The Balaban J connectivity index is 0.788. The van der Waals surface area contributed by atoms with E-state index in [4.69, 9.17) is 10.5 Å². The van der Waals surface area contributed by atoms with Crippen molar-refractivity contribution in [3.8, 4) is 0 Å². The number of thioether (sulfide) groups is 1. The molecule has 0 radical (unpaired) electrons. The number of amides is 2. The minimum Gasteiger partial charge on any atom is -0.790 e. The van der Waals surface area contributed by atoms with Crippen LogP contribution in [0.5, 0.6) is 0 Å². The number of carbonyl (C=O) groups is 3. The van der Waals surface area contributed by atoms with Gasteiger partial charge in [0, 0.05) is 30.7 Å². The average Bonchev–Trinajstić information content (AvgIpc) is 4.00. The standard InChI is InChI=1S/C45H70N7O18P3S/c1-25(29-9-10-30-28-8-7-26-20-27(53)12-15-44(26,4)31(28)13-16-45(29,30)5)6-11-34(55)74-19-18-47-33(54)14-17-48-41(58)38(57)43(2,3)22-67-73(64,65)70-72(62,63)66-21-32-37(69-71(59,60)61)36(56)42(68-32)52-24-51-35-39(46)49-23-50-40(35)52/h6-7,11,23-25,27-32,36-38,42,53,56-57H,8-10,12-22H2,1-5H3,(H,47,54)(H,48,58)(H,62,63)(H,64,65)(H2,46,49,50)(H2,59,60,61)/p-4/b11-6+/t25-,27+,28+,29-,30+,31+,32-,36-,37-,38+,42-,44+,45-/m1/s1. The largest absolute Gasteiger partial charge is 0.790 e. The molecule has 2 amide bonds. The lowest BCUT2D eigenvalue weighted by Crippen LogP contribution is -2.50. The first kappa shape index (κ1) is 58.7. The lowest BCUT2D eigenvalue weighted by molar-refractivity contribution is -0.347. The van der Waals surface area contributed by atoms with Crippen LogP contribution in [0.4, 0.5) is 5.82 Å². The molecule has 0 aromatic carbocycles. The Hall–Kier alpha value is -3.00. The van der Waals surface area contributed by atoms with Gasteiger partial charge in [-0.15, -0.1) is 0 Å². The van der Waals surface area contributed by atoms with E-state index < -0.39 is 84.6 Å². The number of carbonyl (C=O) groups excluding carboxylic acids is 3. The number of fused-ring (bicyclic) bond motifs is 6. The molecule has 2 unspecified atom stereocenters. The van der Waals surface area contributed by atoms with Crippen molar-refractivity contribution < 1.29 is 85.6 Å². The molecule has 1 saturated heterocycles. The Bertz CT molecular complexity index is 2600. The number of phosphoric ester groups is 3. The predicted octanol–water partition coefficient (Wildman–Crippen LogP) is 1.27. The number of rotatable bonds is 22. The SMILES string of the molecule is C[C@H](/C=C/C(=O)SCCNC(=O)CCNC(=O)[C@H](O)C(C)(C)COP(=O)([O-])OP(=O)([O-])OC[C@H]1O[C@@H](n2cnc3c(N)ncnc32)[C@H](O)[C@@H]1OP(=O)([O-])[O-])[C@H]1CC[C@H]2[C@@H]3CC=C4C[C@@H](O)CC[C@]4(C)[C@H]3CC[C@]12C. The summed E-state index contributed by atoms with van der Waals surface area (Å²) < 4.78 is 61.1. The summed E-state index contributed by atoms with van der Waals surface area (Å²) in [6.07, 6.45) is 6.81. The van der Waals surface area contributed by atoms with E-state index in [1.54, 1.807) is 6.08 Å². The number of aliphatic hydroxyl groups excluding tert-OH is 3. The summed E-state index contributed by atoms with van der Waals surface area (Å²) in [4.78, 5) is 98.1. The van der Waals surface area contributed by atoms with Gasteiger partial charge in [-0.05, 0) is 97.9 Å². The summed E-state index contributed by atoms with van der Waals surface area (Å²) in [5, 5.41) is 36.8. The van der Waals surface area contributed by atoms with Crippen molar-refractivity contribution in [1.82, 2.24) is 30.2 Å². The molecular weight excluding hydrogens is 1050 g/mol. The Morgan fingerprint density at radius 1 is 1.01 bits per heavy atom. The molecule has 3 saturated carbocycles. The molecule has 2 aromatic rings. The monoisotopic (exact) mass is 1120 g/mol. The first-order valence-corrected chi connectivity index (χ1v) is 30.0. The van der Waals surface area contributed by atoms with E-state index >= 15 is 0 Å². The maximum Gasteiger partial charge on any atom is 0.274 e. The van der Waals surface area contributed by atoms with Gasteiger partial charge in [0.25, 0.3) is 15.6 Å². The van der Waals surface area contributed by atoms with Crippen LogP contribution >= 0.6 is 35.2 Å². The summed E-state index contributed by atoms with van der Waals surface area (Å²) in [6, 6.07) is 0. The number of allylic oxidation sites excluding steroid dienone is 2. The van der Waals surface area contributed by atoms with Crippen molar-refractivity contribution in [2.45, 2.75) is 129 Å². The van der Waals surface area contributed by atoms with Crippen LogP contribution < -0.4 is 35.9 Å². The third-order valence-electron chi connectivity index (χ3n) is 16.0. The second-order valence-corrected chi connectivity index (χ2v) is 26.4. The third-order valence-corrected chi connectivity index (χ3v) is 19.9. The van der Waals surface area contributed by atoms with Gasteiger partial charge in [0.15, 0.2) is 17.7 Å². The number of nitrogens with one attached hydrogen (secondary N) is 2. The fourth-order valence-electron chi connectivity index (χ4n) is 12.2. The van der Waals surface area contributed by atoms with Gasteiger partial charge in [-0.3, -0.25) is 28.1 Å². The molecular formula is C45H66N7O18P3S-4. The molecule has 29 heteroatoms. The van der Waals surface area contributed by atoms with E-state index in [9.17, 15) is 63.0 Å². The molecule has 15 atom stereocenters. The number of nitrogens with zero attached hydrogens (tertiary/aromatic N) is 4. The van der Waals surface area contributed by atoms with E-state index in [2.05, 4.69) is 70.3 Å². The zero-order valence-electron chi connectivity index (χ0n) is 41.7. The molecule has 5 aliphatic rings. The van der Waals surface area contributed by atoms with Crippen LogP contribution in [0.2, 0.25) is 0 Å². The number of phosphoric acid groups is 3. The van der Waals surface area contributed by atoms with Gasteiger partial charge in [-0.2, -0.15) is 0 Å². The average molecular weight is 1120 g/mol. The van der Waals surface area contributed by atoms with Crippen molar-refractivity contribution in [3.63, 3.8) is 0 Å². The van der Waals surface area contributed by atoms with E-state index in [1.807, 2.05) is 6.08 Å². The Kier molecular flexibility index (Phi) is 18.4. The number of nitrogens with two attached hydrogens (primary N) is 1. The topological polar surface area (TPSA) is 395 Å². The molecule has 3 heterocycles. The van der Waals surface area contributed by atoms with E-state index in [0.29, 0.717) is 29.4 Å². The molecule has 0 spiro atoms. The Labute approximate surface area is 432 Å². The second kappa shape index (κ2) is 23.1. The fourth-order valence-corrected chi connectivity index (χ4v) is 15.5. The minimum absolute atomic E-state index is 0.0215. The van der Waals surface area contributed by atoms with Gasteiger partial charge in [-0.25, -0.2) is 19.3 Å². The first-order valence-electron chi connectivity index (χ1n) is 24.6. The number of nitrogen functional groups attached to an aromatic ring is 1. The van der Waals surface area contributed by atoms with Crippen molar-refractivity contribution in [1.29, 1.82) is 0 Å². The lowest BCUT2D eigenvalue weighted by atomic mass is 9.47. The summed E-state index contributed by atoms with van der Waals surface area (Å²) in [7, 11) is -17.7. The zero-order valence-corrected chi connectivity index (χ0v) is 45.2. The van der Waals surface area contributed by atoms with Gasteiger partial charge in [0.05, 0.1) is 33.5 Å². The third kappa shape index (κ3) is 13.5. The van der Waals surface area contributed by atoms with E-state index in [0.717, 1.165) is 61.1 Å². The highest BCUT2D eigenvalue weighted by molar-refractivity contribution is 8.14. The summed E-state index contributed by atoms with van der Waals surface area (Å²) >= 11 is 1.08. The molecule has 25 nitrogen and oxygen atoms in total. The highest BCUT2D eigenvalue weighted by Crippen LogP contribution is 2.67. The lowest BCUT2D eigenvalue weighted by Gasteiger charge is -2.58. The number of hydrogen-bond donors (Lipinski definition) is 6. The maximum absolute atomic E-state index is 12.8. The predicted molar refractivity (Wildman–Crippen MR) is 258 cm³/mol. The van der Waals surface area contributed by atoms with E-state index in [1.165, 1.54) is 38.7 Å². The molecule has 4 fully saturated rings. The molecule has 4 aliphatic carbocycles. The summed E-state index contributed by atoms with van der Waals surface area (Å²) in [6.45, 7) is 7.19. The molecule has 2 aromatic heterocycles. The maximum atomic E-state index is 12.8. The number of anilines is 1. The van der Waals surface area contributed by atoms with Crippen molar-refractivity contribution in [2.75, 3.05) is 37.8 Å². The first-order chi connectivity index (χ1) is 34.5. The van der Waals surface area contributed by atoms with Crippen molar-refractivity contribution in [2.24, 2.45) is 45.8 Å². The second-order valence-electron chi connectivity index (χ2n) is 21.3. The van der Waals surface area contributed by atoms with Crippen molar-refractivity contribution in [3.05, 3.63) is 36.5 Å². The highest BCUT2D eigenvalue weighted by atomic mass is 32.2. The summed E-state index contributed by atoms with van der Waals surface area (Å²) in [5.41, 5.74) is 5.94. The number of aliphatic hydroxyl groups is 3. The van der Waals surface area contributed by atoms with Crippen LogP contribution in [-0.2, 0) is 50.7 Å². The normalized spacial score (nSPS) is 32.6. The molecule has 1 aliphatic heterocycles. The van der Waals surface area contributed by atoms with Crippen LogP contribution in [0.15, 0.2) is 36.5 Å². The molecule has 7 rings (SSSR count). The zero-order chi connectivity index (χ0) is 54.2. The highest BCUT2D eigenvalue weighted by Gasteiger charge is 2.59. The van der Waals surface area contributed by atoms with Gasteiger partial charge in [0.1, 0.15) is 36.3 Å². The van der Waals surface area contributed by atoms with Crippen LogP contribution in [0.3, 0.4) is 0 Å². The minimum atomic E-state index is -5.94. The number of aromatic nitrogens is 4. The number of hydrogen-bond acceptors (Lipinski definition) is 23. The molecule has 0 bridgehead atoms. The van der Waals surface area contributed by atoms with Crippen LogP contribution in [0, 0.1) is 45.8 Å². The molecule has 414 valence electrons. The van der Waals surface area contributed by atoms with Gasteiger partial charge < -0.3 is 74.1 Å². The van der Waals surface area contributed by atoms with Gasteiger partial charge in [-0.1, -0.05) is 64.1 Å². The molecule has 74 heavy (non-hydrogen) atoms. The van der Waals surface area contributed by atoms with Crippen LogP contribution in [0.1, 0.15) is 98.6 Å². The number of ether oxygens (including phenoxy) is 1. The number of imidazole rings is 1. The summed E-state index contributed by atoms with van der Waals surface area (Å²) in [5.74, 6) is 1.42.